The van der Waals surface area contributed by atoms with E-state index < -0.39 is 0 Å². The number of hydrogen-bond donors (Lipinski definition) is 0. The van der Waals surface area contributed by atoms with Crippen LogP contribution >= 0.6 is 11.3 Å². The van der Waals surface area contributed by atoms with Gasteiger partial charge >= 0.3 is 0 Å². The van der Waals surface area contributed by atoms with Gasteiger partial charge in [0.15, 0.2) is 5.82 Å². The van der Waals surface area contributed by atoms with Crippen LogP contribution in [0.2, 0.25) is 0 Å². The Labute approximate surface area is 146 Å². The average Bonchev–Trinajstić information content (AvgIpc) is 3.23. The summed E-state index contributed by atoms with van der Waals surface area (Å²) in [6.45, 7) is 7.72. The van der Waals surface area contributed by atoms with Crippen molar-refractivity contribution in [2.75, 3.05) is 13.1 Å². The Balaban J connectivity index is 1.54. The Morgan fingerprint density at radius 1 is 1.46 bits per heavy atom. The van der Waals surface area contributed by atoms with Crippen LogP contribution in [0, 0.1) is 0 Å². The first-order valence-corrected chi connectivity index (χ1v) is 9.31. The van der Waals surface area contributed by atoms with Gasteiger partial charge in [-0.15, -0.1) is 11.3 Å². The SMILES string of the molecule is CC(C)(C)c1noc(CCC(=O)N2CCCC(c3nccs3)C2)n1. The second kappa shape index (κ2) is 7.01. The molecule has 1 aliphatic rings. The quantitative estimate of drug-likeness (QED) is 0.848. The molecule has 24 heavy (non-hydrogen) atoms. The van der Waals surface area contributed by atoms with Crippen LogP contribution in [0.3, 0.4) is 0 Å². The van der Waals surface area contributed by atoms with Crippen LogP contribution in [0.4, 0.5) is 0 Å². The van der Waals surface area contributed by atoms with Gasteiger partial charge in [0.05, 0.1) is 5.01 Å². The van der Waals surface area contributed by atoms with Crippen molar-refractivity contribution in [3.63, 3.8) is 0 Å². The Morgan fingerprint density at radius 2 is 2.29 bits per heavy atom. The summed E-state index contributed by atoms with van der Waals surface area (Å²) in [6.07, 6.45) is 4.89. The van der Waals surface area contributed by atoms with Gasteiger partial charge in [-0.05, 0) is 12.8 Å². The van der Waals surface area contributed by atoms with Gasteiger partial charge in [0.1, 0.15) is 0 Å². The molecule has 1 aliphatic heterocycles. The first-order valence-electron chi connectivity index (χ1n) is 8.43. The minimum Gasteiger partial charge on any atom is -0.342 e. The van der Waals surface area contributed by atoms with Crippen LogP contribution in [0.1, 0.15) is 62.7 Å². The van der Waals surface area contributed by atoms with Crippen LogP contribution in [0.5, 0.6) is 0 Å². The van der Waals surface area contributed by atoms with Gasteiger partial charge in [-0.25, -0.2) is 4.98 Å². The van der Waals surface area contributed by atoms with Crippen molar-refractivity contribution in [2.45, 2.75) is 57.8 Å². The molecular weight excluding hydrogens is 324 g/mol. The minimum atomic E-state index is -0.139. The smallest absolute Gasteiger partial charge is 0.227 e. The van der Waals surface area contributed by atoms with E-state index in [9.17, 15) is 4.79 Å². The van der Waals surface area contributed by atoms with Crippen molar-refractivity contribution in [1.82, 2.24) is 20.0 Å². The van der Waals surface area contributed by atoms with E-state index in [4.69, 9.17) is 4.52 Å². The monoisotopic (exact) mass is 348 g/mol. The van der Waals surface area contributed by atoms with Crippen LogP contribution in [-0.2, 0) is 16.6 Å². The number of thiazole rings is 1. The number of carbonyl (C=O) groups is 1. The first kappa shape index (κ1) is 17.1. The number of nitrogens with zero attached hydrogens (tertiary/aromatic N) is 4. The van der Waals surface area contributed by atoms with Gasteiger partial charge in [-0.1, -0.05) is 25.9 Å². The zero-order chi connectivity index (χ0) is 17.2. The highest BCUT2D eigenvalue weighted by atomic mass is 32.1. The van der Waals surface area contributed by atoms with E-state index in [1.165, 1.54) is 0 Å². The van der Waals surface area contributed by atoms with Crippen LogP contribution < -0.4 is 0 Å². The summed E-state index contributed by atoms with van der Waals surface area (Å²) in [6, 6.07) is 0. The number of rotatable bonds is 4. The molecule has 130 valence electrons. The third-order valence-electron chi connectivity index (χ3n) is 4.27. The normalized spacial score (nSPS) is 18.8. The molecule has 6 nitrogen and oxygen atoms in total. The van der Waals surface area contributed by atoms with Gasteiger partial charge in [-0.2, -0.15) is 4.98 Å². The zero-order valence-corrected chi connectivity index (χ0v) is 15.3. The fourth-order valence-corrected chi connectivity index (χ4v) is 3.64. The Bertz CT molecular complexity index is 675. The molecule has 0 N–H and O–H groups in total. The van der Waals surface area contributed by atoms with Crippen molar-refractivity contribution < 1.29 is 9.32 Å². The molecule has 1 amide bonds. The van der Waals surface area contributed by atoms with Crippen molar-refractivity contribution in [1.29, 1.82) is 0 Å². The van der Waals surface area contributed by atoms with E-state index in [2.05, 4.69) is 15.1 Å². The molecule has 1 saturated heterocycles. The van der Waals surface area contributed by atoms with E-state index in [0.29, 0.717) is 30.5 Å². The van der Waals surface area contributed by atoms with Gasteiger partial charge in [0, 0.05) is 48.8 Å². The van der Waals surface area contributed by atoms with Gasteiger partial charge in [0.25, 0.3) is 0 Å². The summed E-state index contributed by atoms with van der Waals surface area (Å²) in [5.41, 5.74) is -0.139. The Hall–Kier alpha value is -1.76. The fraction of sp³-hybridized carbons (Fsp3) is 0.647. The topological polar surface area (TPSA) is 72.1 Å². The van der Waals surface area contributed by atoms with Crippen molar-refractivity contribution >= 4 is 17.2 Å². The summed E-state index contributed by atoms with van der Waals surface area (Å²) < 4.78 is 5.27. The molecule has 1 atom stereocenters. The maximum Gasteiger partial charge on any atom is 0.227 e. The molecule has 7 heteroatoms. The summed E-state index contributed by atoms with van der Waals surface area (Å²) in [5.74, 6) is 1.76. The first-order chi connectivity index (χ1) is 11.4. The lowest BCUT2D eigenvalue weighted by molar-refractivity contribution is -0.132. The summed E-state index contributed by atoms with van der Waals surface area (Å²) in [7, 11) is 0. The number of likely N-dealkylation sites (tertiary alicyclic amines) is 1. The third-order valence-corrected chi connectivity index (χ3v) is 5.20. The minimum absolute atomic E-state index is 0.139. The van der Waals surface area contributed by atoms with Gasteiger partial charge in [-0.3, -0.25) is 4.79 Å². The average molecular weight is 348 g/mol. The van der Waals surface area contributed by atoms with E-state index in [1.807, 2.05) is 37.2 Å². The lowest BCUT2D eigenvalue weighted by Crippen LogP contribution is -2.39. The van der Waals surface area contributed by atoms with E-state index >= 15 is 0 Å². The fourth-order valence-electron chi connectivity index (χ4n) is 2.87. The van der Waals surface area contributed by atoms with Gasteiger partial charge < -0.3 is 9.42 Å². The lowest BCUT2D eigenvalue weighted by Gasteiger charge is -2.31. The number of piperidine rings is 1. The highest BCUT2D eigenvalue weighted by Gasteiger charge is 2.26. The van der Waals surface area contributed by atoms with Crippen LogP contribution in [-0.4, -0.2) is 39.0 Å². The Morgan fingerprint density at radius 3 is 2.96 bits per heavy atom. The number of carbonyl (C=O) groups excluding carboxylic acids is 1. The molecule has 0 saturated carbocycles. The molecule has 1 unspecified atom stereocenters. The maximum atomic E-state index is 12.5. The number of aromatic nitrogens is 3. The molecule has 0 aliphatic carbocycles. The predicted octanol–water partition coefficient (Wildman–Crippen LogP) is 3.16. The van der Waals surface area contributed by atoms with Crippen LogP contribution in [0.15, 0.2) is 16.1 Å². The molecule has 2 aromatic heterocycles. The molecular formula is C17H24N4O2S. The zero-order valence-electron chi connectivity index (χ0n) is 14.5. The molecule has 1 fully saturated rings. The second-order valence-electron chi connectivity index (χ2n) is 7.31. The van der Waals surface area contributed by atoms with E-state index in [1.54, 1.807) is 11.3 Å². The largest absolute Gasteiger partial charge is 0.342 e. The molecule has 2 aromatic rings. The van der Waals surface area contributed by atoms with Crippen LogP contribution in [0.25, 0.3) is 0 Å². The number of aryl methyl sites for hydroxylation is 1. The second-order valence-corrected chi connectivity index (χ2v) is 8.24. The highest BCUT2D eigenvalue weighted by Crippen LogP contribution is 2.28. The van der Waals surface area contributed by atoms with E-state index in [0.717, 1.165) is 30.9 Å². The standard InChI is InChI=1S/C17H24N4O2S/c1-17(2,3)16-19-13(23-20-16)6-7-14(22)21-9-4-5-12(11-21)15-18-8-10-24-15/h8,10,12H,4-7,9,11H2,1-3H3. The molecule has 0 bridgehead atoms. The van der Waals surface area contributed by atoms with Crippen molar-refractivity contribution in [3.05, 3.63) is 28.3 Å². The summed E-state index contributed by atoms with van der Waals surface area (Å²) in [5, 5.41) is 7.14. The summed E-state index contributed by atoms with van der Waals surface area (Å²) in [4.78, 5) is 23.3. The molecule has 3 heterocycles. The molecule has 3 rings (SSSR count). The third kappa shape index (κ3) is 4.01. The predicted molar refractivity (Wildman–Crippen MR) is 92.0 cm³/mol. The van der Waals surface area contributed by atoms with E-state index in [-0.39, 0.29) is 11.3 Å². The highest BCUT2D eigenvalue weighted by molar-refractivity contribution is 7.09. The number of hydrogen-bond acceptors (Lipinski definition) is 6. The summed E-state index contributed by atoms with van der Waals surface area (Å²) >= 11 is 1.68. The van der Waals surface area contributed by atoms with Crippen molar-refractivity contribution in [2.24, 2.45) is 0 Å². The molecule has 0 radical (unpaired) electrons. The number of amides is 1. The van der Waals surface area contributed by atoms with Gasteiger partial charge in [0.2, 0.25) is 11.8 Å². The molecule has 0 aromatic carbocycles. The van der Waals surface area contributed by atoms with Crippen molar-refractivity contribution in [3.8, 4) is 0 Å². The lowest BCUT2D eigenvalue weighted by atomic mass is 9.96. The Kier molecular flexibility index (Phi) is 4.99. The molecule has 0 spiro atoms. The maximum absolute atomic E-state index is 12.5.